The van der Waals surface area contributed by atoms with Gasteiger partial charge in [-0.15, -0.1) is 0 Å². The maximum atomic E-state index is 14.8. The molecule has 0 unspecified atom stereocenters. The first-order valence-corrected chi connectivity index (χ1v) is 41.7. The molecule has 1 aromatic carbocycles. The smallest absolute Gasteiger partial charge is 0.326 e. The molecule has 0 bridgehead atoms. The zero-order valence-corrected chi connectivity index (χ0v) is 72.1. The number of primary amides is 1. The topological polar surface area (TPSA) is 571 Å². The lowest BCUT2D eigenvalue weighted by molar-refractivity contribution is -0.144. The van der Waals surface area contributed by atoms with Gasteiger partial charge >= 0.3 is 11.9 Å². The molecule has 0 saturated carbocycles. The van der Waals surface area contributed by atoms with Crippen LogP contribution in [0.2, 0.25) is 0 Å². The summed E-state index contributed by atoms with van der Waals surface area (Å²) in [5.74, 6) is -20.0. The van der Waals surface area contributed by atoms with Gasteiger partial charge in [0.2, 0.25) is 88.6 Å². The highest BCUT2D eigenvalue weighted by molar-refractivity contribution is 7.98. The van der Waals surface area contributed by atoms with Crippen LogP contribution in [-0.4, -0.2) is 231 Å². The summed E-state index contributed by atoms with van der Waals surface area (Å²) in [7, 11) is 0. The molecule has 656 valence electrons. The molecule has 21 N–H and O–H groups in total. The van der Waals surface area contributed by atoms with Gasteiger partial charge in [0.15, 0.2) is 0 Å². The Morgan fingerprint density at radius 2 is 0.767 bits per heavy atom. The van der Waals surface area contributed by atoms with Crippen molar-refractivity contribution in [2.24, 2.45) is 58.8 Å². The summed E-state index contributed by atoms with van der Waals surface area (Å²) in [6.07, 6.45) is -0.404. The van der Waals surface area contributed by atoms with Gasteiger partial charge in [0, 0.05) is 18.6 Å². The number of aliphatic hydroxyl groups excluding tert-OH is 1. The summed E-state index contributed by atoms with van der Waals surface area (Å²) in [5, 5.41) is 66.1. The summed E-state index contributed by atoms with van der Waals surface area (Å²) in [5.41, 5.74) is 11.9. The average molecular weight is 1680 g/mol. The quantitative estimate of drug-likeness (QED) is 0.0364. The van der Waals surface area contributed by atoms with Crippen molar-refractivity contribution in [1.82, 2.24) is 74.4 Å². The number of benzene rings is 1. The first-order valence-electron chi connectivity index (χ1n) is 39.7. The van der Waals surface area contributed by atoms with Crippen LogP contribution in [0.3, 0.4) is 0 Å². The van der Waals surface area contributed by atoms with E-state index in [9.17, 15) is 96.8 Å². The summed E-state index contributed by atoms with van der Waals surface area (Å²) in [6, 6.07) is -11.3. The second-order valence-electron chi connectivity index (χ2n) is 31.6. The first kappa shape index (κ1) is 105. The van der Waals surface area contributed by atoms with Crippen molar-refractivity contribution < 1.29 is 96.8 Å². The van der Waals surface area contributed by atoms with Gasteiger partial charge < -0.3 is 101 Å². The summed E-state index contributed by atoms with van der Waals surface area (Å²) >= 11 is 5.80. The third-order valence-corrected chi connectivity index (χ3v) is 20.4. The molecule has 38 heteroatoms. The number of nitrogens with one attached hydrogen (secondary N) is 14. The van der Waals surface area contributed by atoms with Gasteiger partial charge in [0.1, 0.15) is 78.5 Å². The number of hydrogen-bond donors (Lipinski definition) is 20. The van der Waals surface area contributed by atoms with Crippen LogP contribution >= 0.6 is 24.4 Å². The molecule has 116 heavy (non-hydrogen) atoms. The lowest BCUT2D eigenvalue weighted by atomic mass is 9.94. The Morgan fingerprint density at radius 1 is 0.414 bits per heavy atom. The van der Waals surface area contributed by atoms with E-state index < -0.39 is 240 Å². The number of thioether (sulfide) groups is 1. The minimum absolute atomic E-state index is 0.00538. The number of hydrogen-bond acceptors (Lipinski definition) is 21. The molecule has 0 heterocycles. The second-order valence-corrected chi connectivity index (χ2v) is 32.9. The van der Waals surface area contributed by atoms with Gasteiger partial charge in [0.25, 0.3) is 0 Å². The minimum atomic E-state index is -1.81. The van der Waals surface area contributed by atoms with Gasteiger partial charge in [-0.3, -0.25) is 76.7 Å². The molecule has 18 atom stereocenters. The highest BCUT2D eigenvalue weighted by Crippen LogP contribution is 2.19. The molecule has 1 rings (SSSR count). The molecule has 1 aromatic rings. The Kier molecular flexibility index (Phi) is 48.1. The Morgan fingerprint density at radius 3 is 1.20 bits per heavy atom. The van der Waals surface area contributed by atoms with Crippen LogP contribution in [0.1, 0.15) is 187 Å². The van der Waals surface area contributed by atoms with Crippen LogP contribution in [0.4, 0.5) is 0 Å². The van der Waals surface area contributed by atoms with E-state index in [0.717, 1.165) is 0 Å². The van der Waals surface area contributed by atoms with Crippen molar-refractivity contribution in [3.63, 3.8) is 0 Å². The van der Waals surface area contributed by atoms with E-state index >= 15 is 0 Å². The predicted octanol–water partition coefficient (Wildman–Crippen LogP) is -0.548. The molecular weight excluding hydrogens is 1550 g/mol. The normalized spacial score (nSPS) is 16.1. The number of amides is 15. The lowest BCUT2D eigenvalue weighted by Gasteiger charge is -2.31. The summed E-state index contributed by atoms with van der Waals surface area (Å²) < 4.78 is 0. The molecule has 0 saturated heterocycles. The number of carbonyl (C=O) groups is 17. The number of aliphatic hydroxyl groups is 1. The van der Waals surface area contributed by atoms with Crippen molar-refractivity contribution >= 4 is 125 Å². The molecule has 36 nitrogen and oxygen atoms in total. The highest BCUT2D eigenvalue weighted by Gasteiger charge is 2.41. The van der Waals surface area contributed by atoms with Crippen LogP contribution in [0, 0.1) is 47.3 Å². The highest BCUT2D eigenvalue weighted by atomic mass is 32.2. The molecule has 0 aliphatic carbocycles. The molecule has 0 radical (unpaired) electrons. The van der Waals surface area contributed by atoms with Gasteiger partial charge in [-0.05, 0) is 104 Å². The number of rotatable bonds is 55. The molecule has 15 amide bonds. The Hall–Kier alpha value is -9.17. The SMILES string of the molecule is CC[C@H](C)[C@H](NC(=O)CNC(=O)[C@H](CCC(N)=O)NC(=O)[C@@H](NC(=O)[C@@H](N)CCSC)[C@@H](C)O)C(=O)N[C@H](C(=O)N[C@@H](Cc1ccccc1)C(=O)N[C@@H](CC(C)C)C(=O)N[C@H](C(=O)N[C@@H](CS)C(=O)N[C@H](C(=O)N[C@@H](CC(C)C)C(=O)N[C@@H](CC(=O)O)C(=O)N[C@H](C(=O)N[C@@H](CC(C)C)C(=O)O)C(C)C)[C@@H](C)CC)C(C)C)[C@@H](C)CC. The molecule has 0 aromatic heterocycles. The minimum Gasteiger partial charge on any atom is -0.481 e. The molecule has 0 aliphatic heterocycles. The van der Waals surface area contributed by atoms with E-state index in [1.807, 2.05) is 6.26 Å². The first-order chi connectivity index (χ1) is 54.2. The fourth-order valence-electron chi connectivity index (χ4n) is 11.9. The van der Waals surface area contributed by atoms with Crippen LogP contribution in [-0.2, 0) is 87.9 Å². The van der Waals surface area contributed by atoms with Crippen LogP contribution in [0.5, 0.6) is 0 Å². The zero-order chi connectivity index (χ0) is 88.7. The monoisotopic (exact) mass is 1680 g/mol. The largest absolute Gasteiger partial charge is 0.481 e. The van der Waals surface area contributed by atoms with E-state index in [1.54, 1.807) is 141 Å². The molecular formula is C78H132N16O20S2. The van der Waals surface area contributed by atoms with Gasteiger partial charge in [-0.1, -0.05) is 160 Å². The number of carboxylic acids is 2. The molecule has 0 spiro atoms. The third-order valence-electron chi connectivity index (χ3n) is 19.4. The Labute approximate surface area is 690 Å². The Bertz CT molecular complexity index is 3440. The summed E-state index contributed by atoms with van der Waals surface area (Å²) in [4.78, 5) is 233. The number of carboxylic acid groups (broad SMARTS) is 2. The predicted molar refractivity (Wildman–Crippen MR) is 439 cm³/mol. The van der Waals surface area contributed by atoms with E-state index in [1.165, 1.54) is 18.7 Å². The van der Waals surface area contributed by atoms with Gasteiger partial charge in [-0.25, -0.2) is 4.79 Å². The zero-order valence-electron chi connectivity index (χ0n) is 70.4. The summed E-state index contributed by atoms with van der Waals surface area (Å²) in [6.45, 7) is 27.5. The van der Waals surface area contributed by atoms with Crippen LogP contribution in [0.25, 0.3) is 0 Å². The van der Waals surface area contributed by atoms with Gasteiger partial charge in [-0.2, -0.15) is 24.4 Å². The number of aliphatic carboxylic acids is 2. The van der Waals surface area contributed by atoms with Crippen LogP contribution in [0.15, 0.2) is 30.3 Å². The van der Waals surface area contributed by atoms with E-state index in [4.69, 9.17) is 11.5 Å². The maximum Gasteiger partial charge on any atom is 0.326 e. The Balaban J connectivity index is 3.59. The molecule has 0 fully saturated rings. The standard InChI is InChI=1S/C78H132N16O20S2/c1-19-43(14)61(89-57(97)36-81-66(101)49(27-28-56(80)96)82-77(112)64(46(17)95)94-65(100)48(79)29-30-116-18)76(111)93-63(45(16)21-3)75(110)86-52(34-47-25-23-22-24-26-47)68(103)83-51(32-39(6)7)69(104)90-60(42(12)13)73(108)88-55(37-115)71(106)92-62(44(15)20-2)74(109)85-50(31-38(4)5)67(102)84-53(35-58(98)99)70(105)91-59(41(10)11)72(107)87-54(78(113)114)33-40(8)9/h22-26,38-46,48-55,59-64,95,115H,19-21,27-37,79H2,1-18H3,(H2,80,96)(H,81,101)(H,82,112)(H,83,103)(H,84,102)(H,85,109)(H,86,110)(H,87,107)(H,88,108)(H,89,97)(H,90,104)(H,91,105)(H,92,106)(H,93,111)(H,94,100)(H,98,99)(H,113,114)/t43-,44-,45-,46+,48-,49-,50-,51-,52-,53-,54-,55-,59-,60-,61-,62-,63-,64-/m0/s1. The maximum absolute atomic E-state index is 14.8. The lowest BCUT2D eigenvalue weighted by Crippen LogP contribution is -2.62. The van der Waals surface area contributed by atoms with Crippen molar-refractivity contribution in [2.75, 3.05) is 24.3 Å². The van der Waals surface area contributed by atoms with E-state index in [-0.39, 0.29) is 68.5 Å². The van der Waals surface area contributed by atoms with Crippen molar-refractivity contribution in [2.45, 2.75) is 279 Å². The number of thiol groups is 1. The van der Waals surface area contributed by atoms with Gasteiger partial charge in [0.05, 0.1) is 25.1 Å². The second kappa shape index (κ2) is 53.2. The van der Waals surface area contributed by atoms with Crippen LogP contribution < -0.4 is 85.9 Å². The van der Waals surface area contributed by atoms with E-state index in [2.05, 4.69) is 87.1 Å². The van der Waals surface area contributed by atoms with Crippen molar-refractivity contribution in [3.8, 4) is 0 Å². The number of nitrogens with two attached hydrogens (primary N) is 2. The number of carbonyl (C=O) groups excluding carboxylic acids is 15. The third kappa shape index (κ3) is 37.8. The fourth-order valence-corrected chi connectivity index (χ4v) is 12.6. The van der Waals surface area contributed by atoms with Crippen molar-refractivity contribution in [1.29, 1.82) is 0 Å². The average Bonchev–Trinajstić information content (AvgIpc) is 0.851. The fraction of sp³-hybridized carbons (Fsp3) is 0.705. The van der Waals surface area contributed by atoms with Crippen molar-refractivity contribution in [3.05, 3.63) is 35.9 Å². The molecule has 0 aliphatic rings. The van der Waals surface area contributed by atoms with E-state index in [0.29, 0.717) is 24.2 Å².